The average molecular weight is 287 g/mol. The monoisotopic (exact) mass is 287 g/mol. The Labute approximate surface area is 128 Å². The van der Waals surface area contributed by atoms with Crippen molar-refractivity contribution in [3.05, 3.63) is 29.6 Å². The molecule has 21 heavy (non-hydrogen) atoms. The van der Waals surface area contributed by atoms with Crippen molar-refractivity contribution in [3.63, 3.8) is 0 Å². The zero-order valence-electron chi connectivity index (χ0n) is 13.5. The maximum absolute atomic E-state index is 4.69. The van der Waals surface area contributed by atoms with E-state index in [0.717, 1.165) is 25.4 Å². The second-order valence-electron chi connectivity index (χ2n) is 6.79. The third-order valence-corrected chi connectivity index (χ3v) is 5.82. The molecule has 3 rings (SSSR count). The van der Waals surface area contributed by atoms with Gasteiger partial charge in [0.2, 0.25) is 0 Å². The fourth-order valence-electron chi connectivity index (χ4n) is 4.64. The Kier molecular flexibility index (Phi) is 4.60. The third-order valence-electron chi connectivity index (χ3n) is 5.82. The number of nitrogens with zero attached hydrogens (tertiary/aromatic N) is 1. The Balaban J connectivity index is 1.85. The van der Waals surface area contributed by atoms with E-state index in [1.165, 1.54) is 43.4 Å². The lowest BCUT2D eigenvalue weighted by atomic mass is 9.73. The molecule has 2 aliphatic carbocycles. The van der Waals surface area contributed by atoms with Crippen molar-refractivity contribution in [1.82, 2.24) is 15.6 Å². The Morgan fingerprint density at radius 2 is 2.14 bits per heavy atom. The van der Waals surface area contributed by atoms with E-state index in [0.29, 0.717) is 5.92 Å². The van der Waals surface area contributed by atoms with Gasteiger partial charge in [-0.1, -0.05) is 13.0 Å². The Morgan fingerprint density at radius 3 is 2.95 bits per heavy atom. The lowest BCUT2D eigenvalue weighted by molar-refractivity contribution is 0.175. The van der Waals surface area contributed by atoms with E-state index in [9.17, 15) is 0 Å². The predicted octanol–water partition coefficient (Wildman–Crippen LogP) is 2.55. The predicted molar refractivity (Wildman–Crippen MR) is 87.4 cm³/mol. The van der Waals surface area contributed by atoms with Crippen LogP contribution in [0.5, 0.6) is 0 Å². The fraction of sp³-hybridized carbons (Fsp3) is 0.722. The molecule has 1 heterocycles. The zero-order valence-corrected chi connectivity index (χ0v) is 13.5. The fourth-order valence-corrected chi connectivity index (χ4v) is 4.64. The molecule has 1 aromatic heterocycles. The molecule has 0 saturated heterocycles. The molecule has 0 aromatic carbocycles. The summed E-state index contributed by atoms with van der Waals surface area (Å²) in [4.78, 5) is 4.69. The number of rotatable bonds is 5. The second-order valence-corrected chi connectivity index (χ2v) is 6.79. The molecule has 0 radical (unpaired) electrons. The van der Waals surface area contributed by atoms with Crippen LogP contribution in [0.25, 0.3) is 0 Å². The van der Waals surface area contributed by atoms with E-state index in [4.69, 9.17) is 0 Å². The molecule has 0 amide bonds. The first-order chi connectivity index (χ1) is 10.3. The van der Waals surface area contributed by atoms with Gasteiger partial charge in [0.05, 0.1) is 0 Å². The van der Waals surface area contributed by atoms with Crippen LogP contribution in [0.3, 0.4) is 0 Å². The number of hydrogen-bond acceptors (Lipinski definition) is 3. The normalized spacial score (nSPS) is 31.5. The zero-order chi connectivity index (χ0) is 14.7. The molecule has 0 aliphatic heterocycles. The Bertz CT molecular complexity index is 473. The number of likely N-dealkylation sites (N-methyl/N-ethyl adjacent to an activating group) is 1. The summed E-state index contributed by atoms with van der Waals surface area (Å²) in [7, 11) is 2.17. The minimum absolute atomic E-state index is 0.268. The van der Waals surface area contributed by atoms with Crippen LogP contribution < -0.4 is 10.6 Å². The van der Waals surface area contributed by atoms with Gasteiger partial charge in [0.1, 0.15) is 0 Å². The van der Waals surface area contributed by atoms with Gasteiger partial charge in [0.15, 0.2) is 0 Å². The highest BCUT2D eigenvalue weighted by Crippen LogP contribution is 2.45. The van der Waals surface area contributed by atoms with Gasteiger partial charge in [0, 0.05) is 24.0 Å². The third kappa shape index (κ3) is 2.74. The first kappa shape index (κ1) is 15.0. The molecular weight excluding hydrogens is 258 g/mol. The van der Waals surface area contributed by atoms with Crippen molar-refractivity contribution in [2.45, 2.75) is 51.0 Å². The van der Waals surface area contributed by atoms with Crippen molar-refractivity contribution in [3.8, 4) is 0 Å². The summed E-state index contributed by atoms with van der Waals surface area (Å²) in [6.07, 6.45) is 9.51. The van der Waals surface area contributed by atoms with Gasteiger partial charge < -0.3 is 10.6 Å². The molecule has 3 nitrogen and oxygen atoms in total. The molecule has 1 saturated carbocycles. The Hall–Kier alpha value is -0.930. The highest BCUT2D eigenvalue weighted by Gasteiger charge is 2.49. The molecule has 0 spiro atoms. The number of nitrogens with one attached hydrogen (secondary N) is 2. The van der Waals surface area contributed by atoms with Gasteiger partial charge in [-0.15, -0.1) is 0 Å². The lowest BCUT2D eigenvalue weighted by Crippen LogP contribution is -2.59. The van der Waals surface area contributed by atoms with Gasteiger partial charge in [-0.25, -0.2) is 0 Å². The summed E-state index contributed by atoms with van der Waals surface area (Å²) < 4.78 is 0. The molecule has 3 heteroatoms. The molecule has 116 valence electrons. The second kappa shape index (κ2) is 6.45. The van der Waals surface area contributed by atoms with Crippen LogP contribution in [0.15, 0.2) is 18.3 Å². The number of fused-ring (bicyclic) bond motifs is 3. The first-order valence-corrected chi connectivity index (χ1v) is 8.62. The maximum atomic E-state index is 4.69. The molecule has 3 atom stereocenters. The minimum Gasteiger partial charge on any atom is -0.315 e. The molecular formula is C18H29N3. The molecule has 2 bridgehead atoms. The number of aryl methyl sites for hydroxylation is 1. The van der Waals surface area contributed by atoms with Crippen molar-refractivity contribution in [2.24, 2.45) is 11.8 Å². The van der Waals surface area contributed by atoms with Gasteiger partial charge in [0.25, 0.3) is 0 Å². The molecule has 0 unspecified atom stereocenters. The van der Waals surface area contributed by atoms with E-state index < -0.39 is 0 Å². The summed E-state index contributed by atoms with van der Waals surface area (Å²) in [6.45, 7) is 4.47. The quantitative estimate of drug-likeness (QED) is 0.817. The summed E-state index contributed by atoms with van der Waals surface area (Å²) in [5, 5.41) is 7.43. The highest BCUT2D eigenvalue weighted by atomic mass is 15.0. The lowest BCUT2D eigenvalue weighted by Gasteiger charge is -2.42. The smallest absolute Gasteiger partial charge is 0.0439 e. The van der Waals surface area contributed by atoms with Crippen molar-refractivity contribution >= 4 is 0 Å². The highest BCUT2D eigenvalue weighted by molar-refractivity contribution is 5.24. The van der Waals surface area contributed by atoms with Crippen LogP contribution >= 0.6 is 0 Å². The van der Waals surface area contributed by atoms with Crippen LogP contribution in [0.4, 0.5) is 0 Å². The Morgan fingerprint density at radius 1 is 1.29 bits per heavy atom. The molecule has 1 aromatic rings. The van der Waals surface area contributed by atoms with Crippen LogP contribution in [-0.2, 0) is 12.8 Å². The first-order valence-electron chi connectivity index (χ1n) is 8.62. The summed E-state index contributed by atoms with van der Waals surface area (Å²) in [5.41, 5.74) is 3.10. The summed E-state index contributed by atoms with van der Waals surface area (Å²) >= 11 is 0. The van der Waals surface area contributed by atoms with E-state index in [1.807, 2.05) is 6.20 Å². The number of pyridine rings is 1. The van der Waals surface area contributed by atoms with E-state index >= 15 is 0 Å². The average Bonchev–Trinajstić information content (AvgIpc) is 2.88. The van der Waals surface area contributed by atoms with Crippen molar-refractivity contribution in [2.75, 3.05) is 20.1 Å². The summed E-state index contributed by atoms with van der Waals surface area (Å²) in [5.74, 6) is 1.51. The van der Waals surface area contributed by atoms with Gasteiger partial charge >= 0.3 is 0 Å². The maximum Gasteiger partial charge on any atom is 0.0439 e. The van der Waals surface area contributed by atoms with Gasteiger partial charge in [-0.05, 0) is 75.6 Å². The standard InChI is InChI=1S/C18H29N3/c1-3-10-20-13-18(19-2)15-7-6-14-5-4-11-21-17(14)12-16(18)9-8-15/h4-5,11,15-16,19-20H,3,6-10,12-13H2,1-2H3/t15-,16-,18-/m1/s1. The van der Waals surface area contributed by atoms with Crippen LogP contribution in [0.1, 0.15) is 43.9 Å². The van der Waals surface area contributed by atoms with Crippen LogP contribution in [0.2, 0.25) is 0 Å². The topological polar surface area (TPSA) is 37.0 Å². The van der Waals surface area contributed by atoms with E-state index in [1.54, 1.807) is 0 Å². The number of aromatic nitrogens is 1. The minimum atomic E-state index is 0.268. The number of hydrogen-bond donors (Lipinski definition) is 2. The van der Waals surface area contributed by atoms with Gasteiger partial charge in [-0.3, -0.25) is 4.98 Å². The summed E-state index contributed by atoms with van der Waals surface area (Å²) in [6, 6.07) is 4.37. The van der Waals surface area contributed by atoms with Crippen LogP contribution in [-0.4, -0.2) is 30.7 Å². The van der Waals surface area contributed by atoms with Gasteiger partial charge in [-0.2, -0.15) is 0 Å². The molecule has 2 N–H and O–H groups in total. The van der Waals surface area contributed by atoms with E-state index in [2.05, 4.69) is 41.7 Å². The largest absolute Gasteiger partial charge is 0.315 e. The van der Waals surface area contributed by atoms with E-state index in [-0.39, 0.29) is 5.54 Å². The molecule has 1 fully saturated rings. The van der Waals surface area contributed by atoms with Crippen molar-refractivity contribution < 1.29 is 0 Å². The van der Waals surface area contributed by atoms with Crippen LogP contribution in [0, 0.1) is 11.8 Å². The SMILES string of the molecule is CCCNC[C@@]1(NC)[C@@H]2CCc3cccnc3C[C@H]1CC2. The van der Waals surface area contributed by atoms with Crippen molar-refractivity contribution in [1.29, 1.82) is 0 Å². The molecule has 2 aliphatic rings.